The predicted molar refractivity (Wildman–Crippen MR) is 115 cm³/mol. The third-order valence-corrected chi connectivity index (χ3v) is 4.99. The number of hydrogen-bond donors (Lipinski definition) is 2. The summed E-state index contributed by atoms with van der Waals surface area (Å²) in [5.41, 5.74) is 0.256. The highest BCUT2D eigenvalue weighted by Gasteiger charge is 2.15. The molecule has 1 heterocycles. The van der Waals surface area contributed by atoms with Gasteiger partial charge in [0.1, 0.15) is 0 Å². The third kappa shape index (κ3) is 7.02. The molecule has 0 saturated carbocycles. The van der Waals surface area contributed by atoms with Crippen molar-refractivity contribution in [1.82, 2.24) is 20.2 Å². The number of nitrogens with zero attached hydrogens (tertiary/aromatic N) is 2. The van der Waals surface area contributed by atoms with Crippen LogP contribution < -0.4 is 16.2 Å². The van der Waals surface area contributed by atoms with Crippen molar-refractivity contribution in [3.05, 3.63) is 33.6 Å². The molecule has 0 fully saturated rings. The number of fused-ring (bicyclic) bond motifs is 1. The third-order valence-electron chi connectivity index (χ3n) is 3.78. The number of urea groups is 1. The Balaban J connectivity index is 2.22. The Morgan fingerprint density at radius 1 is 1.34 bits per heavy atom. The normalized spacial score (nSPS) is 11.1. The van der Waals surface area contributed by atoms with Crippen LogP contribution in [-0.2, 0) is 16.1 Å². The van der Waals surface area contributed by atoms with Gasteiger partial charge in [-0.3, -0.25) is 19.5 Å². The lowest BCUT2D eigenvalue weighted by Gasteiger charge is -2.14. The van der Waals surface area contributed by atoms with Gasteiger partial charge < -0.3 is 10.1 Å². The molecule has 8 nitrogen and oxygen atoms in total. The zero-order chi connectivity index (χ0) is 21.4. The summed E-state index contributed by atoms with van der Waals surface area (Å²) in [6, 6.07) is 4.35. The van der Waals surface area contributed by atoms with Crippen molar-refractivity contribution < 1.29 is 14.3 Å². The summed E-state index contributed by atoms with van der Waals surface area (Å²) >= 11 is 7.12. The molecule has 0 aliphatic carbocycles. The monoisotopic (exact) mass is 440 g/mol. The van der Waals surface area contributed by atoms with E-state index in [1.807, 2.05) is 13.8 Å². The van der Waals surface area contributed by atoms with E-state index in [1.54, 1.807) is 25.1 Å². The number of thioether (sulfide) groups is 1. The molecule has 10 heteroatoms. The highest BCUT2D eigenvalue weighted by atomic mass is 35.5. The van der Waals surface area contributed by atoms with E-state index in [9.17, 15) is 14.4 Å². The Hall–Kier alpha value is -2.10. The summed E-state index contributed by atoms with van der Waals surface area (Å²) in [6.07, 6.45) is 0.729. The van der Waals surface area contributed by atoms with E-state index in [0.29, 0.717) is 47.2 Å². The molecule has 0 spiro atoms. The van der Waals surface area contributed by atoms with Crippen LogP contribution in [0.25, 0.3) is 10.9 Å². The molecule has 1 aromatic carbocycles. The number of nitrogens with one attached hydrogen (secondary N) is 2. The lowest BCUT2D eigenvalue weighted by atomic mass is 10.2. The van der Waals surface area contributed by atoms with Crippen LogP contribution in [0.15, 0.2) is 28.2 Å². The van der Waals surface area contributed by atoms with E-state index in [1.165, 1.54) is 4.57 Å². The van der Waals surface area contributed by atoms with Crippen molar-refractivity contribution in [3.8, 4) is 0 Å². The molecule has 0 aliphatic rings. The Morgan fingerprint density at radius 2 is 2.10 bits per heavy atom. The molecular weight excluding hydrogens is 416 g/mol. The predicted octanol–water partition coefficient (Wildman–Crippen LogP) is 2.80. The largest absolute Gasteiger partial charge is 0.379 e. The zero-order valence-corrected chi connectivity index (χ0v) is 18.2. The summed E-state index contributed by atoms with van der Waals surface area (Å²) in [5.74, 6) is -0.533. The second kappa shape index (κ2) is 11.2. The fourth-order valence-electron chi connectivity index (χ4n) is 2.52. The van der Waals surface area contributed by atoms with Gasteiger partial charge in [-0.1, -0.05) is 23.4 Å². The molecule has 158 valence electrons. The Morgan fingerprint density at radius 3 is 2.79 bits per heavy atom. The molecule has 29 heavy (non-hydrogen) atoms. The number of ether oxygens (including phenoxy) is 1. The molecule has 0 unspecified atom stereocenters. The second-order valence-electron chi connectivity index (χ2n) is 6.48. The van der Waals surface area contributed by atoms with Gasteiger partial charge in [-0.25, -0.2) is 9.78 Å². The van der Waals surface area contributed by atoms with E-state index < -0.39 is 11.9 Å². The Bertz CT molecular complexity index is 932. The van der Waals surface area contributed by atoms with Crippen LogP contribution in [0.5, 0.6) is 0 Å². The number of imide groups is 1. The maximum atomic E-state index is 13.0. The quantitative estimate of drug-likeness (QED) is 0.353. The number of hydrogen-bond acceptors (Lipinski definition) is 6. The topological polar surface area (TPSA) is 102 Å². The van der Waals surface area contributed by atoms with Crippen molar-refractivity contribution in [2.45, 2.75) is 45.0 Å². The summed E-state index contributed by atoms with van der Waals surface area (Å²) in [4.78, 5) is 41.0. The van der Waals surface area contributed by atoms with Crippen LogP contribution in [0.2, 0.25) is 5.02 Å². The lowest BCUT2D eigenvalue weighted by Crippen LogP contribution is -2.40. The van der Waals surface area contributed by atoms with Gasteiger partial charge >= 0.3 is 6.03 Å². The first kappa shape index (κ1) is 23.2. The zero-order valence-electron chi connectivity index (χ0n) is 16.7. The molecule has 2 N–H and O–H groups in total. The van der Waals surface area contributed by atoms with Crippen LogP contribution in [0, 0.1) is 0 Å². The SMILES string of the molecule is CCNC(=O)NC(=O)CSc1nc2cc(Cl)ccc2c(=O)n1CCCOC(C)C. The van der Waals surface area contributed by atoms with Gasteiger partial charge in [0.05, 0.1) is 22.8 Å². The molecule has 2 rings (SSSR count). The van der Waals surface area contributed by atoms with E-state index >= 15 is 0 Å². The summed E-state index contributed by atoms with van der Waals surface area (Å²) < 4.78 is 7.07. The maximum Gasteiger partial charge on any atom is 0.321 e. The number of benzene rings is 1. The molecule has 0 radical (unpaired) electrons. The molecule has 0 aliphatic heterocycles. The number of rotatable bonds is 9. The van der Waals surface area contributed by atoms with Gasteiger partial charge in [0.2, 0.25) is 5.91 Å². The first-order valence-corrected chi connectivity index (χ1v) is 10.7. The molecule has 0 atom stereocenters. The number of halogens is 1. The number of aromatic nitrogens is 2. The van der Waals surface area contributed by atoms with Gasteiger partial charge in [-0.05, 0) is 45.4 Å². The minimum Gasteiger partial charge on any atom is -0.379 e. The van der Waals surface area contributed by atoms with E-state index in [0.717, 1.165) is 11.8 Å². The number of amides is 3. The van der Waals surface area contributed by atoms with Crippen LogP contribution in [0.4, 0.5) is 4.79 Å². The lowest BCUT2D eigenvalue weighted by molar-refractivity contribution is -0.117. The highest BCUT2D eigenvalue weighted by molar-refractivity contribution is 7.99. The first-order valence-electron chi connectivity index (χ1n) is 9.34. The van der Waals surface area contributed by atoms with Crippen LogP contribution >= 0.6 is 23.4 Å². The van der Waals surface area contributed by atoms with Gasteiger partial charge in [0.25, 0.3) is 5.56 Å². The summed E-state index contributed by atoms with van der Waals surface area (Å²) in [7, 11) is 0. The van der Waals surface area contributed by atoms with Crippen molar-refractivity contribution in [3.63, 3.8) is 0 Å². The van der Waals surface area contributed by atoms with E-state index in [2.05, 4.69) is 15.6 Å². The second-order valence-corrected chi connectivity index (χ2v) is 7.86. The van der Waals surface area contributed by atoms with Crippen molar-refractivity contribution in [2.24, 2.45) is 0 Å². The number of carbonyl (C=O) groups is 2. The molecule has 0 saturated heterocycles. The average molecular weight is 441 g/mol. The molecule has 3 amide bonds. The summed E-state index contributed by atoms with van der Waals surface area (Å²) in [6.45, 7) is 6.97. The van der Waals surface area contributed by atoms with Crippen molar-refractivity contribution in [2.75, 3.05) is 18.9 Å². The van der Waals surface area contributed by atoms with Crippen LogP contribution in [-0.4, -0.2) is 46.5 Å². The van der Waals surface area contributed by atoms with Crippen molar-refractivity contribution >= 4 is 46.2 Å². The standard InChI is InChI=1S/C19H25ClN4O4S/c1-4-21-18(27)23-16(25)11-29-19-22-15-10-13(20)6-7-14(15)17(26)24(19)8-5-9-28-12(2)3/h6-7,10,12H,4-5,8-9,11H2,1-3H3,(H2,21,23,25,27). The molecular formula is C19H25ClN4O4S. The first-order chi connectivity index (χ1) is 13.8. The highest BCUT2D eigenvalue weighted by Crippen LogP contribution is 2.20. The summed E-state index contributed by atoms with van der Waals surface area (Å²) in [5, 5.41) is 6.03. The fraction of sp³-hybridized carbons (Fsp3) is 0.474. The van der Waals surface area contributed by atoms with E-state index in [4.69, 9.17) is 16.3 Å². The van der Waals surface area contributed by atoms with Crippen molar-refractivity contribution in [1.29, 1.82) is 0 Å². The van der Waals surface area contributed by atoms with Crippen LogP contribution in [0.1, 0.15) is 27.2 Å². The maximum absolute atomic E-state index is 13.0. The van der Waals surface area contributed by atoms with Crippen LogP contribution in [0.3, 0.4) is 0 Å². The minimum absolute atomic E-state index is 0.0574. The van der Waals surface area contributed by atoms with Gasteiger partial charge in [0.15, 0.2) is 5.16 Å². The fourth-order valence-corrected chi connectivity index (χ4v) is 3.51. The molecule has 1 aromatic heterocycles. The molecule has 2 aromatic rings. The molecule has 0 bridgehead atoms. The van der Waals surface area contributed by atoms with Gasteiger partial charge in [-0.15, -0.1) is 0 Å². The van der Waals surface area contributed by atoms with E-state index in [-0.39, 0.29) is 17.4 Å². The van der Waals surface area contributed by atoms with Gasteiger partial charge in [0, 0.05) is 24.7 Å². The average Bonchev–Trinajstić information content (AvgIpc) is 2.64. The van der Waals surface area contributed by atoms with Gasteiger partial charge in [-0.2, -0.15) is 0 Å². The minimum atomic E-state index is -0.556. The smallest absolute Gasteiger partial charge is 0.321 e. The Kier molecular flexibility index (Phi) is 8.94. The Labute approximate surface area is 178 Å². The number of carbonyl (C=O) groups excluding carboxylic acids is 2.